The number of hydrogen-bond acceptors (Lipinski definition) is 2. The zero-order valence-electron chi connectivity index (χ0n) is 11.3. The third-order valence-corrected chi connectivity index (χ3v) is 3.40. The predicted octanol–water partition coefficient (Wildman–Crippen LogP) is 5.39. The van der Waals surface area contributed by atoms with Crippen molar-refractivity contribution in [2.45, 2.75) is 19.9 Å². The lowest BCUT2D eigenvalue weighted by Crippen LogP contribution is -2.01. The summed E-state index contributed by atoms with van der Waals surface area (Å²) in [6.45, 7) is 3.43. The number of halogens is 2. The highest BCUT2D eigenvalue weighted by atomic mass is 35.5. The van der Waals surface area contributed by atoms with Crippen molar-refractivity contribution in [3.63, 3.8) is 0 Å². The highest BCUT2D eigenvalue weighted by Crippen LogP contribution is 2.23. The minimum atomic E-state index is 0.622. The maximum atomic E-state index is 6.14. The van der Waals surface area contributed by atoms with Gasteiger partial charge in [-0.15, -0.1) is 0 Å². The molecule has 0 atom stereocenters. The van der Waals surface area contributed by atoms with E-state index in [1.54, 1.807) is 6.07 Å². The van der Waals surface area contributed by atoms with E-state index in [-0.39, 0.29) is 0 Å². The van der Waals surface area contributed by atoms with Gasteiger partial charge < -0.3 is 10.1 Å². The molecule has 2 aromatic rings. The highest BCUT2D eigenvalue weighted by Gasteiger charge is 2.02. The summed E-state index contributed by atoms with van der Waals surface area (Å²) in [5.74, 6) is 0.869. The Morgan fingerprint density at radius 2 is 1.95 bits per heavy atom. The van der Waals surface area contributed by atoms with Crippen LogP contribution >= 0.6 is 23.2 Å². The number of hydrogen-bond donors (Lipinski definition) is 1. The number of nitrogens with one attached hydrogen (secondary N) is 1. The van der Waals surface area contributed by atoms with Crippen molar-refractivity contribution in [2.75, 3.05) is 11.9 Å². The smallest absolute Gasteiger partial charge is 0.121 e. The van der Waals surface area contributed by atoms with Crippen molar-refractivity contribution in [1.82, 2.24) is 0 Å². The Balaban J connectivity index is 2.01. The Bertz CT molecular complexity index is 572. The number of ether oxygens (including phenoxy) is 1. The second kappa shape index (κ2) is 7.41. The molecular formula is C16H17Cl2NO. The summed E-state index contributed by atoms with van der Waals surface area (Å²) in [7, 11) is 0. The van der Waals surface area contributed by atoms with E-state index in [0.717, 1.165) is 30.0 Å². The zero-order valence-corrected chi connectivity index (χ0v) is 12.8. The van der Waals surface area contributed by atoms with Crippen LogP contribution in [0.3, 0.4) is 0 Å². The van der Waals surface area contributed by atoms with Crippen LogP contribution in [-0.4, -0.2) is 6.61 Å². The van der Waals surface area contributed by atoms with Gasteiger partial charge in [0.15, 0.2) is 0 Å². The van der Waals surface area contributed by atoms with Gasteiger partial charge in [0.05, 0.1) is 6.61 Å². The van der Waals surface area contributed by atoms with Crippen molar-refractivity contribution in [2.24, 2.45) is 0 Å². The monoisotopic (exact) mass is 309 g/mol. The Hall–Kier alpha value is -1.38. The molecule has 0 saturated heterocycles. The van der Waals surface area contributed by atoms with Gasteiger partial charge in [-0.1, -0.05) is 36.2 Å². The van der Waals surface area contributed by atoms with Crippen LogP contribution in [0.25, 0.3) is 0 Å². The van der Waals surface area contributed by atoms with Crippen LogP contribution in [0, 0.1) is 0 Å². The molecule has 0 saturated carbocycles. The Morgan fingerprint density at radius 1 is 1.10 bits per heavy atom. The molecule has 0 unspecified atom stereocenters. The van der Waals surface area contributed by atoms with Crippen LogP contribution in [0.2, 0.25) is 10.0 Å². The zero-order chi connectivity index (χ0) is 14.4. The molecule has 0 bridgehead atoms. The van der Waals surface area contributed by atoms with Crippen molar-refractivity contribution < 1.29 is 4.74 Å². The van der Waals surface area contributed by atoms with Crippen molar-refractivity contribution in [1.29, 1.82) is 0 Å². The van der Waals surface area contributed by atoms with Gasteiger partial charge in [-0.25, -0.2) is 0 Å². The van der Waals surface area contributed by atoms with Crippen LogP contribution < -0.4 is 10.1 Å². The Kier molecular flexibility index (Phi) is 5.57. The molecule has 0 aliphatic heterocycles. The minimum Gasteiger partial charge on any atom is -0.494 e. The van der Waals surface area contributed by atoms with Crippen LogP contribution in [-0.2, 0) is 6.54 Å². The van der Waals surface area contributed by atoms with Crippen LogP contribution in [0.5, 0.6) is 5.75 Å². The fourth-order valence-corrected chi connectivity index (χ4v) is 2.17. The third kappa shape index (κ3) is 4.32. The highest BCUT2D eigenvalue weighted by molar-refractivity contribution is 6.33. The molecule has 0 aliphatic carbocycles. The molecule has 4 heteroatoms. The largest absolute Gasteiger partial charge is 0.494 e. The van der Waals surface area contributed by atoms with Gasteiger partial charge >= 0.3 is 0 Å². The maximum Gasteiger partial charge on any atom is 0.121 e. The molecule has 0 aromatic heterocycles. The summed E-state index contributed by atoms with van der Waals surface area (Å²) in [5.41, 5.74) is 1.97. The lowest BCUT2D eigenvalue weighted by molar-refractivity contribution is 0.317. The van der Waals surface area contributed by atoms with E-state index in [2.05, 4.69) is 12.2 Å². The number of anilines is 1. The van der Waals surface area contributed by atoms with Crippen molar-refractivity contribution in [3.8, 4) is 5.75 Å². The normalized spacial score (nSPS) is 10.3. The molecule has 0 radical (unpaired) electrons. The van der Waals surface area contributed by atoms with Gasteiger partial charge in [-0.3, -0.25) is 0 Å². The fraction of sp³-hybridized carbons (Fsp3) is 0.250. The first-order chi connectivity index (χ1) is 9.69. The first-order valence-corrected chi connectivity index (χ1v) is 7.35. The SMILES string of the molecule is CCCOc1cccc(NCc2cc(Cl)ccc2Cl)c1. The van der Waals surface area contributed by atoms with Crippen LogP contribution in [0.1, 0.15) is 18.9 Å². The third-order valence-electron chi connectivity index (χ3n) is 2.80. The maximum absolute atomic E-state index is 6.14. The second-order valence-corrected chi connectivity index (χ2v) is 5.31. The average Bonchev–Trinajstić information content (AvgIpc) is 2.46. The lowest BCUT2D eigenvalue weighted by Gasteiger charge is -2.10. The molecule has 2 nitrogen and oxygen atoms in total. The molecule has 0 spiro atoms. The van der Waals surface area contributed by atoms with Crippen LogP contribution in [0.4, 0.5) is 5.69 Å². The Labute approximate surface area is 129 Å². The predicted molar refractivity (Wildman–Crippen MR) is 86.0 cm³/mol. The molecule has 0 amide bonds. The number of rotatable bonds is 6. The average molecular weight is 310 g/mol. The molecular weight excluding hydrogens is 293 g/mol. The quantitative estimate of drug-likeness (QED) is 0.772. The van der Waals surface area contributed by atoms with E-state index in [0.29, 0.717) is 16.6 Å². The number of benzene rings is 2. The molecule has 0 heterocycles. The fourth-order valence-electron chi connectivity index (χ4n) is 1.79. The van der Waals surface area contributed by atoms with Crippen molar-refractivity contribution >= 4 is 28.9 Å². The van der Waals surface area contributed by atoms with Gasteiger partial charge in [-0.2, -0.15) is 0 Å². The van der Waals surface area contributed by atoms with Crippen LogP contribution in [0.15, 0.2) is 42.5 Å². The summed E-state index contributed by atoms with van der Waals surface area (Å²) in [6.07, 6.45) is 0.996. The standard InChI is InChI=1S/C16H17Cl2NO/c1-2-8-20-15-5-3-4-14(10-15)19-11-12-9-13(17)6-7-16(12)18/h3-7,9-10,19H,2,8,11H2,1H3. The van der Waals surface area contributed by atoms with E-state index in [9.17, 15) is 0 Å². The summed E-state index contributed by atoms with van der Waals surface area (Å²) in [5, 5.41) is 4.72. The molecule has 2 aromatic carbocycles. The molecule has 1 N–H and O–H groups in total. The first kappa shape index (κ1) is 15.0. The summed E-state index contributed by atoms with van der Waals surface area (Å²) < 4.78 is 5.60. The molecule has 2 rings (SSSR count). The van der Waals surface area contributed by atoms with Gasteiger partial charge in [-0.05, 0) is 42.3 Å². The topological polar surface area (TPSA) is 21.3 Å². The van der Waals surface area contributed by atoms with Gasteiger partial charge in [0.25, 0.3) is 0 Å². The lowest BCUT2D eigenvalue weighted by atomic mass is 10.2. The first-order valence-electron chi connectivity index (χ1n) is 6.59. The second-order valence-electron chi connectivity index (χ2n) is 4.47. The molecule has 106 valence electrons. The summed E-state index contributed by atoms with van der Waals surface area (Å²) in [4.78, 5) is 0. The molecule has 0 aliphatic rings. The van der Waals surface area contributed by atoms with Gasteiger partial charge in [0.1, 0.15) is 5.75 Å². The van der Waals surface area contributed by atoms with E-state index >= 15 is 0 Å². The van der Waals surface area contributed by atoms with E-state index in [1.807, 2.05) is 36.4 Å². The Morgan fingerprint density at radius 3 is 2.75 bits per heavy atom. The van der Waals surface area contributed by atoms with E-state index < -0.39 is 0 Å². The minimum absolute atomic E-state index is 0.622. The van der Waals surface area contributed by atoms with Gasteiger partial charge in [0.2, 0.25) is 0 Å². The van der Waals surface area contributed by atoms with E-state index in [1.165, 1.54) is 0 Å². The van der Waals surface area contributed by atoms with Gasteiger partial charge in [0, 0.05) is 28.3 Å². The van der Waals surface area contributed by atoms with E-state index in [4.69, 9.17) is 27.9 Å². The molecule has 20 heavy (non-hydrogen) atoms. The summed E-state index contributed by atoms with van der Waals surface area (Å²) >= 11 is 12.1. The molecule has 0 fully saturated rings. The van der Waals surface area contributed by atoms with Crippen molar-refractivity contribution in [3.05, 3.63) is 58.1 Å². The summed E-state index contributed by atoms with van der Waals surface area (Å²) in [6, 6.07) is 13.4.